The summed E-state index contributed by atoms with van der Waals surface area (Å²) in [6, 6.07) is 0. The topological polar surface area (TPSA) is 41.6 Å². The highest BCUT2D eigenvalue weighted by molar-refractivity contribution is 5.62. The first-order valence-electron chi connectivity index (χ1n) is 7.99. The van der Waals surface area contributed by atoms with Gasteiger partial charge < -0.3 is 5.73 Å². The van der Waals surface area contributed by atoms with Gasteiger partial charge in [0.2, 0.25) is 0 Å². The Hall–Kier alpha value is -0.670. The van der Waals surface area contributed by atoms with Crippen molar-refractivity contribution < 1.29 is 0 Å². The van der Waals surface area contributed by atoms with Crippen molar-refractivity contribution >= 4 is 6.21 Å². The third kappa shape index (κ3) is 7.48. The van der Waals surface area contributed by atoms with E-state index < -0.39 is 0 Å². The Labute approximate surface area is 119 Å². The van der Waals surface area contributed by atoms with Crippen LogP contribution < -0.4 is 5.73 Å². The fourth-order valence-corrected chi connectivity index (χ4v) is 2.48. The van der Waals surface area contributed by atoms with E-state index in [9.17, 15) is 0 Å². The molecule has 110 valence electrons. The largest absolute Gasteiger partial charge is 0.329 e. The number of rotatable bonds is 11. The summed E-state index contributed by atoms with van der Waals surface area (Å²) in [7, 11) is 0. The van der Waals surface area contributed by atoms with E-state index in [1.54, 1.807) is 0 Å². The Morgan fingerprint density at radius 1 is 1.21 bits per heavy atom. The maximum Gasteiger partial charge on any atom is 0.102 e. The molecule has 1 aliphatic heterocycles. The minimum atomic E-state index is 0.406. The Morgan fingerprint density at radius 3 is 2.74 bits per heavy atom. The lowest BCUT2D eigenvalue weighted by molar-refractivity contribution is 0.241. The Morgan fingerprint density at radius 2 is 2.00 bits per heavy atom. The number of hydrogen-bond acceptors (Lipinski definition) is 3. The van der Waals surface area contributed by atoms with Crippen LogP contribution in [0.1, 0.15) is 58.3 Å². The lowest BCUT2D eigenvalue weighted by atomic mass is 10.1. The van der Waals surface area contributed by atoms with Crippen molar-refractivity contribution in [3.63, 3.8) is 0 Å². The molecule has 3 heteroatoms. The molecule has 2 N–H and O–H groups in total. The van der Waals surface area contributed by atoms with Gasteiger partial charge in [-0.05, 0) is 32.1 Å². The average molecular weight is 265 g/mol. The van der Waals surface area contributed by atoms with Crippen molar-refractivity contribution in [1.29, 1.82) is 0 Å². The number of nitrogens with two attached hydrogens (primary N) is 1. The van der Waals surface area contributed by atoms with Gasteiger partial charge in [-0.2, -0.15) is 0 Å². The van der Waals surface area contributed by atoms with E-state index >= 15 is 0 Å². The quantitative estimate of drug-likeness (QED) is 0.460. The van der Waals surface area contributed by atoms with Crippen molar-refractivity contribution in [2.45, 2.75) is 64.5 Å². The van der Waals surface area contributed by atoms with Crippen LogP contribution in [0, 0.1) is 0 Å². The second-order valence-electron chi connectivity index (χ2n) is 5.35. The van der Waals surface area contributed by atoms with Crippen molar-refractivity contribution in [3.8, 4) is 0 Å². The third-order valence-corrected chi connectivity index (χ3v) is 3.66. The summed E-state index contributed by atoms with van der Waals surface area (Å²) in [6.45, 7) is 4.95. The molecule has 0 aromatic carbocycles. The molecule has 0 aliphatic carbocycles. The van der Waals surface area contributed by atoms with Gasteiger partial charge in [0.25, 0.3) is 0 Å². The van der Waals surface area contributed by atoms with E-state index in [-0.39, 0.29) is 0 Å². The van der Waals surface area contributed by atoms with Gasteiger partial charge in [-0.25, -0.2) is 0 Å². The van der Waals surface area contributed by atoms with Crippen LogP contribution in [0.4, 0.5) is 0 Å². The molecule has 0 saturated carbocycles. The van der Waals surface area contributed by atoms with E-state index in [2.05, 4.69) is 29.0 Å². The van der Waals surface area contributed by atoms with E-state index in [1.807, 2.05) is 6.21 Å². The Balaban J connectivity index is 1.95. The number of nitrogens with zero attached hydrogens (tertiary/aromatic N) is 2. The summed E-state index contributed by atoms with van der Waals surface area (Å²) < 4.78 is 0. The smallest absolute Gasteiger partial charge is 0.102 e. The van der Waals surface area contributed by atoms with Gasteiger partial charge >= 0.3 is 0 Å². The molecule has 1 aliphatic rings. The highest BCUT2D eigenvalue weighted by Crippen LogP contribution is 2.14. The molecule has 1 heterocycles. The molecule has 0 bridgehead atoms. The average Bonchev–Trinajstić information content (AvgIpc) is 2.85. The molecule has 0 spiro atoms. The van der Waals surface area contributed by atoms with Crippen LogP contribution in [0.5, 0.6) is 0 Å². The normalized spacial score (nSPS) is 19.8. The second-order valence-corrected chi connectivity index (χ2v) is 5.35. The number of aliphatic imine (C=N–C) groups is 1. The van der Waals surface area contributed by atoms with E-state index in [4.69, 9.17) is 5.73 Å². The van der Waals surface area contributed by atoms with Gasteiger partial charge in [0.15, 0.2) is 0 Å². The zero-order valence-electron chi connectivity index (χ0n) is 12.6. The van der Waals surface area contributed by atoms with Crippen LogP contribution in [-0.4, -0.2) is 36.9 Å². The maximum absolute atomic E-state index is 5.61. The highest BCUT2D eigenvalue weighted by Gasteiger charge is 2.18. The van der Waals surface area contributed by atoms with Gasteiger partial charge in [0, 0.05) is 25.8 Å². The van der Waals surface area contributed by atoms with Crippen LogP contribution in [0.3, 0.4) is 0 Å². The molecule has 0 aromatic heterocycles. The molecule has 1 atom stereocenters. The standard InChI is InChI=1S/C16H31N3/c1-2-3-4-5-6-7-8-9-10-11-16-18-13-15-19(16)14-12-17/h5-6,13,16H,2-4,7-12,14-15,17H2,1H3/b6-5+. The number of unbranched alkanes of at least 4 members (excludes halogenated alkanes) is 5. The summed E-state index contributed by atoms with van der Waals surface area (Å²) in [5.41, 5.74) is 5.61. The van der Waals surface area contributed by atoms with Gasteiger partial charge in [0.1, 0.15) is 6.17 Å². The molecular weight excluding hydrogens is 234 g/mol. The van der Waals surface area contributed by atoms with Crippen molar-refractivity contribution in [2.75, 3.05) is 19.6 Å². The minimum absolute atomic E-state index is 0.406. The molecular formula is C16H31N3. The predicted octanol–water partition coefficient (Wildman–Crippen LogP) is 3.35. The lowest BCUT2D eigenvalue weighted by Gasteiger charge is -2.21. The molecule has 3 nitrogen and oxygen atoms in total. The van der Waals surface area contributed by atoms with Crippen LogP contribution in [0.15, 0.2) is 17.1 Å². The van der Waals surface area contributed by atoms with Crippen LogP contribution in [0.25, 0.3) is 0 Å². The Bertz CT molecular complexity index is 261. The van der Waals surface area contributed by atoms with Crippen molar-refractivity contribution in [3.05, 3.63) is 12.2 Å². The van der Waals surface area contributed by atoms with Crippen molar-refractivity contribution in [2.24, 2.45) is 10.7 Å². The molecule has 0 fully saturated rings. The van der Waals surface area contributed by atoms with E-state index in [0.717, 1.165) is 19.6 Å². The molecule has 19 heavy (non-hydrogen) atoms. The van der Waals surface area contributed by atoms with Crippen LogP contribution in [-0.2, 0) is 0 Å². The summed E-state index contributed by atoms with van der Waals surface area (Å²) in [6.07, 6.45) is 17.4. The summed E-state index contributed by atoms with van der Waals surface area (Å²) >= 11 is 0. The fourth-order valence-electron chi connectivity index (χ4n) is 2.48. The number of hydrogen-bond donors (Lipinski definition) is 1. The third-order valence-electron chi connectivity index (χ3n) is 3.66. The summed E-state index contributed by atoms with van der Waals surface area (Å²) in [5.74, 6) is 0. The summed E-state index contributed by atoms with van der Waals surface area (Å²) in [5, 5.41) is 0. The van der Waals surface area contributed by atoms with Crippen molar-refractivity contribution in [1.82, 2.24) is 4.90 Å². The second kappa shape index (κ2) is 11.2. The first-order valence-corrected chi connectivity index (χ1v) is 7.99. The monoisotopic (exact) mass is 265 g/mol. The van der Waals surface area contributed by atoms with Gasteiger partial charge in [-0.1, -0.05) is 38.3 Å². The molecule has 0 amide bonds. The highest BCUT2D eigenvalue weighted by atomic mass is 15.3. The lowest BCUT2D eigenvalue weighted by Crippen LogP contribution is -2.34. The molecule has 1 rings (SSSR count). The molecule has 0 saturated heterocycles. The maximum atomic E-state index is 5.61. The van der Waals surface area contributed by atoms with Gasteiger partial charge in [0.05, 0.1) is 0 Å². The van der Waals surface area contributed by atoms with E-state index in [0.29, 0.717) is 6.17 Å². The van der Waals surface area contributed by atoms with Crippen LogP contribution in [0.2, 0.25) is 0 Å². The van der Waals surface area contributed by atoms with E-state index in [1.165, 1.54) is 51.4 Å². The molecule has 0 radical (unpaired) electrons. The minimum Gasteiger partial charge on any atom is -0.329 e. The number of allylic oxidation sites excluding steroid dienone is 2. The molecule has 1 unspecified atom stereocenters. The molecule has 0 aromatic rings. The SMILES string of the molecule is CCCC/C=C/CCCCCC1N=CCN1CCN. The zero-order valence-corrected chi connectivity index (χ0v) is 12.6. The summed E-state index contributed by atoms with van der Waals surface area (Å²) in [4.78, 5) is 6.91. The van der Waals surface area contributed by atoms with Gasteiger partial charge in [-0.3, -0.25) is 9.89 Å². The predicted molar refractivity (Wildman–Crippen MR) is 84.7 cm³/mol. The fraction of sp³-hybridized carbons (Fsp3) is 0.812. The first-order chi connectivity index (χ1) is 9.38. The zero-order chi connectivity index (χ0) is 13.8. The first kappa shape index (κ1) is 16.4. The Kier molecular flexibility index (Phi) is 9.64. The van der Waals surface area contributed by atoms with Gasteiger partial charge in [-0.15, -0.1) is 0 Å². The van der Waals surface area contributed by atoms with Crippen LogP contribution >= 0.6 is 0 Å².